The van der Waals surface area contributed by atoms with Gasteiger partial charge in [0.2, 0.25) is 0 Å². The lowest BCUT2D eigenvalue weighted by atomic mass is 10.2. The zero-order chi connectivity index (χ0) is 15.7. The summed E-state index contributed by atoms with van der Waals surface area (Å²) >= 11 is 10.8. The number of allylic oxidation sites excluding steroid dienone is 1. The van der Waals surface area contributed by atoms with Crippen LogP contribution in [0.25, 0.3) is 22.6 Å². The van der Waals surface area contributed by atoms with Crippen LogP contribution in [0.2, 0.25) is 5.02 Å². The maximum absolute atomic E-state index is 12.1. The molecule has 0 aliphatic rings. The Bertz CT molecular complexity index is 1000. The molecule has 4 nitrogen and oxygen atoms in total. The van der Waals surface area contributed by atoms with Gasteiger partial charge in [-0.05, 0) is 46.3 Å². The minimum atomic E-state index is -0.301. The van der Waals surface area contributed by atoms with Crippen LogP contribution in [-0.2, 0) is 0 Å². The van der Waals surface area contributed by atoms with Crippen molar-refractivity contribution in [3.63, 3.8) is 0 Å². The lowest BCUT2D eigenvalue weighted by Gasteiger charge is -2.02. The number of hydrogen-bond acceptors (Lipinski definition) is 4. The monoisotopic (exact) mass is 391 g/mol. The number of H-pyrrole nitrogens is 1. The largest absolute Gasteiger partial charge is 0.305 e. The molecule has 0 radical (unpaired) electrons. The molecule has 3 rings (SSSR count). The van der Waals surface area contributed by atoms with E-state index in [1.54, 1.807) is 24.3 Å². The van der Waals surface area contributed by atoms with Crippen molar-refractivity contribution in [2.75, 3.05) is 0 Å². The number of thiophene rings is 1. The second-order valence-electron chi connectivity index (χ2n) is 4.41. The molecule has 0 amide bonds. The van der Waals surface area contributed by atoms with Gasteiger partial charge in [-0.3, -0.25) is 4.79 Å². The molecule has 108 valence electrons. The van der Waals surface area contributed by atoms with Crippen LogP contribution in [0.4, 0.5) is 0 Å². The molecule has 0 bridgehead atoms. The van der Waals surface area contributed by atoms with Crippen LogP contribution in [-0.4, -0.2) is 9.97 Å². The molecule has 3 aromatic rings. The van der Waals surface area contributed by atoms with Crippen molar-refractivity contribution < 1.29 is 0 Å². The molecule has 7 heteroatoms. The molecule has 0 aliphatic carbocycles. The summed E-state index contributed by atoms with van der Waals surface area (Å²) in [6.07, 6.45) is 1.68. The number of nitriles is 1. The standard InChI is InChI=1S/C15H7BrClN3OS/c16-9-4-11(22-7-9)3-8(6-18)14-19-13-5-10(17)1-2-12(13)15(21)20-14/h1-5,7H,(H,19,20,21). The van der Waals surface area contributed by atoms with Crippen LogP contribution < -0.4 is 5.56 Å². The summed E-state index contributed by atoms with van der Waals surface area (Å²) < 4.78 is 0.938. The van der Waals surface area contributed by atoms with Crippen molar-refractivity contribution in [2.24, 2.45) is 0 Å². The Morgan fingerprint density at radius 1 is 1.45 bits per heavy atom. The van der Waals surface area contributed by atoms with Crippen molar-refractivity contribution in [3.8, 4) is 6.07 Å². The summed E-state index contributed by atoms with van der Waals surface area (Å²) in [5, 5.41) is 12.2. The number of fused-ring (bicyclic) bond motifs is 1. The fraction of sp³-hybridized carbons (Fsp3) is 0. The van der Waals surface area contributed by atoms with Gasteiger partial charge in [0.15, 0.2) is 5.82 Å². The molecule has 2 aromatic heterocycles. The molecule has 1 aromatic carbocycles. The maximum atomic E-state index is 12.1. The molecule has 2 heterocycles. The molecule has 1 N–H and O–H groups in total. The highest BCUT2D eigenvalue weighted by Gasteiger charge is 2.09. The van der Waals surface area contributed by atoms with E-state index in [9.17, 15) is 10.1 Å². The van der Waals surface area contributed by atoms with E-state index in [4.69, 9.17) is 11.6 Å². The average Bonchev–Trinajstić information content (AvgIpc) is 2.89. The van der Waals surface area contributed by atoms with Gasteiger partial charge in [0, 0.05) is 19.8 Å². The minimum absolute atomic E-state index is 0.229. The summed E-state index contributed by atoms with van der Waals surface area (Å²) in [4.78, 5) is 20.0. The van der Waals surface area contributed by atoms with Crippen LogP contribution in [0.5, 0.6) is 0 Å². The molecule has 0 aliphatic heterocycles. The Kier molecular flexibility index (Phi) is 4.12. The summed E-state index contributed by atoms with van der Waals surface area (Å²) in [6, 6.07) is 8.80. The topological polar surface area (TPSA) is 69.5 Å². The first-order valence-electron chi connectivity index (χ1n) is 6.12. The van der Waals surface area contributed by atoms with Gasteiger partial charge in [0.1, 0.15) is 6.07 Å². The van der Waals surface area contributed by atoms with Crippen LogP contribution in [0.3, 0.4) is 0 Å². The number of nitrogens with zero attached hydrogens (tertiary/aromatic N) is 2. The third-order valence-corrected chi connectivity index (χ3v) is 4.79. The van der Waals surface area contributed by atoms with Crippen molar-refractivity contribution >= 4 is 61.4 Å². The van der Waals surface area contributed by atoms with Gasteiger partial charge >= 0.3 is 0 Å². The number of benzene rings is 1. The zero-order valence-electron chi connectivity index (χ0n) is 10.9. The minimum Gasteiger partial charge on any atom is -0.305 e. The van der Waals surface area contributed by atoms with Crippen molar-refractivity contribution in [1.82, 2.24) is 9.97 Å². The number of nitrogens with one attached hydrogen (secondary N) is 1. The Balaban J connectivity index is 2.18. The van der Waals surface area contributed by atoms with Gasteiger partial charge in [0.05, 0.1) is 16.5 Å². The van der Waals surface area contributed by atoms with Crippen molar-refractivity contribution in [3.05, 3.63) is 60.2 Å². The zero-order valence-corrected chi connectivity index (χ0v) is 14.1. The molecule has 0 atom stereocenters. The van der Waals surface area contributed by atoms with Gasteiger partial charge in [-0.1, -0.05) is 11.6 Å². The highest BCUT2D eigenvalue weighted by molar-refractivity contribution is 9.10. The predicted molar refractivity (Wildman–Crippen MR) is 92.9 cm³/mol. The van der Waals surface area contributed by atoms with E-state index >= 15 is 0 Å². The van der Waals surface area contributed by atoms with Crippen molar-refractivity contribution in [2.45, 2.75) is 0 Å². The molecule has 0 unspecified atom stereocenters. The molecule has 0 fully saturated rings. The van der Waals surface area contributed by atoms with Crippen molar-refractivity contribution in [1.29, 1.82) is 5.26 Å². The maximum Gasteiger partial charge on any atom is 0.259 e. The number of aromatic amines is 1. The fourth-order valence-electron chi connectivity index (χ4n) is 1.94. The van der Waals surface area contributed by atoms with E-state index in [1.807, 2.05) is 11.4 Å². The van der Waals surface area contributed by atoms with E-state index in [-0.39, 0.29) is 17.0 Å². The number of aromatic nitrogens is 2. The summed E-state index contributed by atoms with van der Waals surface area (Å²) in [5.41, 5.74) is 0.443. The third-order valence-electron chi connectivity index (χ3n) is 2.92. The number of halogens is 2. The lowest BCUT2D eigenvalue weighted by Crippen LogP contribution is -2.11. The first-order valence-corrected chi connectivity index (χ1v) is 8.17. The Morgan fingerprint density at radius 3 is 2.95 bits per heavy atom. The molecular formula is C15H7BrClN3OS. The summed E-state index contributed by atoms with van der Waals surface area (Å²) in [6.45, 7) is 0. The number of rotatable bonds is 2. The first kappa shape index (κ1) is 15.0. The smallest absolute Gasteiger partial charge is 0.259 e. The van der Waals surface area contributed by atoms with Crippen LogP contribution >= 0.6 is 38.9 Å². The Labute approximate surface area is 142 Å². The van der Waals surface area contributed by atoms with E-state index in [1.165, 1.54) is 11.3 Å². The van der Waals surface area contributed by atoms with Gasteiger partial charge < -0.3 is 4.98 Å². The fourth-order valence-corrected chi connectivity index (χ4v) is 3.48. The van der Waals surface area contributed by atoms with Gasteiger partial charge in [0.25, 0.3) is 5.56 Å². The van der Waals surface area contributed by atoms with E-state index in [2.05, 4.69) is 32.0 Å². The normalized spacial score (nSPS) is 11.6. The quantitative estimate of drug-likeness (QED) is 0.654. The van der Waals surface area contributed by atoms with E-state index in [0.717, 1.165) is 9.35 Å². The second kappa shape index (κ2) is 6.05. The number of hydrogen-bond donors (Lipinski definition) is 1. The van der Waals surface area contributed by atoms with E-state index in [0.29, 0.717) is 15.9 Å². The molecule has 0 spiro atoms. The lowest BCUT2D eigenvalue weighted by molar-refractivity contribution is 1.13. The molecular weight excluding hydrogens is 386 g/mol. The summed E-state index contributed by atoms with van der Waals surface area (Å²) in [5.74, 6) is 0.229. The van der Waals surface area contributed by atoms with Gasteiger partial charge in [-0.25, -0.2) is 4.98 Å². The molecule has 22 heavy (non-hydrogen) atoms. The Hall–Kier alpha value is -1.94. The van der Waals surface area contributed by atoms with Gasteiger partial charge in [-0.15, -0.1) is 11.3 Å². The first-order chi connectivity index (χ1) is 10.6. The average molecular weight is 393 g/mol. The Morgan fingerprint density at radius 2 is 2.27 bits per heavy atom. The second-order valence-corrected chi connectivity index (χ2v) is 6.71. The highest BCUT2D eigenvalue weighted by atomic mass is 79.9. The van der Waals surface area contributed by atoms with Gasteiger partial charge in [-0.2, -0.15) is 5.26 Å². The molecule has 0 saturated heterocycles. The van der Waals surface area contributed by atoms with Crippen LogP contribution in [0.15, 0.2) is 38.9 Å². The highest BCUT2D eigenvalue weighted by Crippen LogP contribution is 2.24. The summed E-state index contributed by atoms with van der Waals surface area (Å²) in [7, 11) is 0. The molecule has 0 saturated carbocycles. The SMILES string of the molecule is N#CC(=Cc1cc(Br)cs1)c1nc2cc(Cl)ccc2c(=O)[nH]1. The predicted octanol–water partition coefficient (Wildman–Crippen LogP) is 4.46. The third kappa shape index (κ3) is 2.97. The van der Waals surface area contributed by atoms with E-state index < -0.39 is 0 Å². The van der Waals surface area contributed by atoms with Crippen LogP contribution in [0, 0.1) is 11.3 Å². The van der Waals surface area contributed by atoms with Crippen LogP contribution in [0.1, 0.15) is 10.7 Å².